The SMILES string of the molecule is NC(=O)C(=Cc1c[nH]c2ncc(NC(=O)Cc3ccc(N4CCC(O)C4=O)cc3)cc12)c1ccccc1. The smallest absolute Gasteiger partial charge is 0.255 e. The van der Waals surface area contributed by atoms with Gasteiger partial charge in [0, 0.05) is 41.4 Å². The molecule has 1 aliphatic heterocycles. The lowest BCUT2D eigenvalue weighted by molar-refractivity contribution is -0.124. The zero-order chi connectivity index (χ0) is 25.9. The van der Waals surface area contributed by atoms with Gasteiger partial charge in [-0.05, 0) is 35.4 Å². The average Bonchev–Trinajstić information content (AvgIpc) is 3.45. The van der Waals surface area contributed by atoms with Crippen LogP contribution in [-0.4, -0.2) is 45.4 Å². The van der Waals surface area contributed by atoms with E-state index in [9.17, 15) is 19.5 Å². The van der Waals surface area contributed by atoms with Crippen LogP contribution in [0.3, 0.4) is 0 Å². The monoisotopic (exact) mass is 495 g/mol. The highest BCUT2D eigenvalue weighted by molar-refractivity contribution is 6.24. The number of carbonyl (C=O) groups is 3. The van der Waals surface area contributed by atoms with Gasteiger partial charge in [-0.3, -0.25) is 14.4 Å². The molecule has 1 aliphatic rings. The fourth-order valence-electron chi connectivity index (χ4n) is 4.39. The second-order valence-electron chi connectivity index (χ2n) is 8.84. The Hall–Kier alpha value is -4.76. The number of H-pyrrole nitrogens is 1. The molecule has 5 rings (SSSR count). The topological polar surface area (TPSA) is 141 Å². The van der Waals surface area contributed by atoms with Crippen molar-refractivity contribution in [2.75, 3.05) is 16.8 Å². The zero-order valence-electron chi connectivity index (χ0n) is 19.8. The minimum Gasteiger partial charge on any atom is -0.383 e. The minimum atomic E-state index is -0.951. The van der Waals surface area contributed by atoms with Gasteiger partial charge in [0.15, 0.2) is 0 Å². The number of aliphatic hydroxyl groups excluding tert-OH is 1. The van der Waals surface area contributed by atoms with Gasteiger partial charge in [-0.2, -0.15) is 0 Å². The Morgan fingerprint density at radius 2 is 1.92 bits per heavy atom. The second kappa shape index (κ2) is 10.1. The molecule has 0 saturated carbocycles. The molecule has 0 aliphatic carbocycles. The van der Waals surface area contributed by atoms with Crippen molar-refractivity contribution in [2.24, 2.45) is 5.73 Å². The third-order valence-electron chi connectivity index (χ3n) is 6.29. The molecule has 1 fully saturated rings. The highest BCUT2D eigenvalue weighted by Gasteiger charge is 2.30. The number of primary amides is 1. The van der Waals surface area contributed by atoms with Gasteiger partial charge in [0.05, 0.1) is 18.3 Å². The van der Waals surface area contributed by atoms with E-state index in [1.54, 1.807) is 53.7 Å². The van der Waals surface area contributed by atoms with Gasteiger partial charge < -0.3 is 26.0 Å². The molecule has 0 bridgehead atoms. The molecule has 37 heavy (non-hydrogen) atoms. The van der Waals surface area contributed by atoms with Crippen LogP contribution in [0, 0.1) is 0 Å². The number of anilines is 2. The van der Waals surface area contributed by atoms with Crippen LogP contribution in [0.25, 0.3) is 22.7 Å². The zero-order valence-corrected chi connectivity index (χ0v) is 19.8. The van der Waals surface area contributed by atoms with Crippen molar-refractivity contribution in [2.45, 2.75) is 18.9 Å². The number of rotatable bonds is 7. The lowest BCUT2D eigenvalue weighted by Crippen LogP contribution is -2.29. The molecule has 2 aromatic carbocycles. The van der Waals surface area contributed by atoms with Crippen LogP contribution in [0.15, 0.2) is 73.1 Å². The summed E-state index contributed by atoms with van der Waals surface area (Å²) in [6.07, 6.45) is 4.60. The van der Waals surface area contributed by atoms with Crippen LogP contribution >= 0.6 is 0 Å². The summed E-state index contributed by atoms with van der Waals surface area (Å²) in [4.78, 5) is 45.8. The molecule has 3 amide bonds. The summed E-state index contributed by atoms with van der Waals surface area (Å²) in [5, 5.41) is 13.3. The molecular formula is C28H25N5O4. The highest BCUT2D eigenvalue weighted by atomic mass is 16.3. The molecule has 1 atom stereocenters. The molecule has 4 aromatic rings. The van der Waals surface area contributed by atoms with Crippen LogP contribution in [0.5, 0.6) is 0 Å². The Bertz CT molecular complexity index is 1510. The Kier molecular flexibility index (Phi) is 6.53. The van der Waals surface area contributed by atoms with Crippen LogP contribution in [-0.2, 0) is 20.8 Å². The van der Waals surface area contributed by atoms with E-state index in [0.717, 1.165) is 10.9 Å². The van der Waals surface area contributed by atoms with E-state index >= 15 is 0 Å². The second-order valence-corrected chi connectivity index (χ2v) is 8.84. The molecule has 9 heteroatoms. The van der Waals surface area contributed by atoms with Gasteiger partial charge in [-0.25, -0.2) is 4.98 Å². The Morgan fingerprint density at radius 1 is 1.16 bits per heavy atom. The summed E-state index contributed by atoms with van der Waals surface area (Å²) >= 11 is 0. The number of hydrogen-bond acceptors (Lipinski definition) is 5. The number of pyridine rings is 1. The van der Waals surface area contributed by atoms with Crippen molar-refractivity contribution in [3.63, 3.8) is 0 Å². The quantitative estimate of drug-likeness (QED) is 0.292. The van der Waals surface area contributed by atoms with E-state index in [0.29, 0.717) is 46.7 Å². The molecular weight excluding hydrogens is 470 g/mol. The number of nitrogens with zero attached hydrogens (tertiary/aromatic N) is 2. The summed E-state index contributed by atoms with van der Waals surface area (Å²) in [6.45, 7) is 0.470. The molecule has 3 heterocycles. The summed E-state index contributed by atoms with van der Waals surface area (Å²) in [6, 6.07) is 18.1. The first-order chi connectivity index (χ1) is 17.9. The third-order valence-corrected chi connectivity index (χ3v) is 6.29. The molecule has 2 aromatic heterocycles. The van der Waals surface area contributed by atoms with Crippen molar-refractivity contribution in [1.82, 2.24) is 9.97 Å². The number of aromatic nitrogens is 2. The van der Waals surface area contributed by atoms with E-state index in [1.807, 2.05) is 30.3 Å². The van der Waals surface area contributed by atoms with E-state index in [2.05, 4.69) is 15.3 Å². The maximum atomic E-state index is 12.7. The fourth-order valence-corrected chi connectivity index (χ4v) is 4.39. The Balaban J connectivity index is 1.31. The summed E-state index contributed by atoms with van der Waals surface area (Å²) in [7, 11) is 0. The molecule has 0 radical (unpaired) electrons. The van der Waals surface area contributed by atoms with Gasteiger partial charge in [0.2, 0.25) is 11.8 Å². The van der Waals surface area contributed by atoms with E-state index < -0.39 is 12.0 Å². The number of hydrogen-bond donors (Lipinski definition) is 4. The van der Waals surface area contributed by atoms with E-state index in [4.69, 9.17) is 5.73 Å². The number of nitrogens with one attached hydrogen (secondary N) is 2. The number of nitrogens with two attached hydrogens (primary N) is 1. The van der Waals surface area contributed by atoms with Gasteiger partial charge in [-0.15, -0.1) is 0 Å². The van der Waals surface area contributed by atoms with Gasteiger partial charge in [-0.1, -0.05) is 42.5 Å². The minimum absolute atomic E-state index is 0.134. The lowest BCUT2D eigenvalue weighted by atomic mass is 10.0. The molecule has 9 nitrogen and oxygen atoms in total. The summed E-state index contributed by atoms with van der Waals surface area (Å²) < 4.78 is 0. The Labute approximate surface area is 212 Å². The number of aliphatic hydroxyl groups is 1. The largest absolute Gasteiger partial charge is 0.383 e. The van der Waals surface area contributed by atoms with Crippen LogP contribution in [0.1, 0.15) is 23.1 Å². The van der Waals surface area contributed by atoms with Crippen LogP contribution < -0.4 is 16.0 Å². The molecule has 186 valence electrons. The summed E-state index contributed by atoms with van der Waals surface area (Å²) in [5.74, 6) is -1.08. The fraction of sp³-hybridized carbons (Fsp3) is 0.143. The molecule has 1 saturated heterocycles. The van der Waals surface area contributed by atoms with E-state index in [1.165, 1.54) is 0 Å². The highest BCUT2D eigenvalue weighted by Crippen LogP contribution is 2.26. The first-order valence-corrected chi connectivity index (χ1v) is 11.8. The van der Waals surface area contributed by atoms with E-state index in [-0.39, 0.29) is 18.2 Å². The maximum Gasteiger partial charge on any atom is 0.255 e. The van der Waals surface area contributed by atoms with Gasteiger partial charge >= 0.3 is 0 Å². The van der Waals surface area contributed by atoms with Crippen molar-refractivity contribution in [1.29, 1.82) is 0 Å². The standard InChI is InChI=1S/C28H25N5O4/c29-26(36)22(18-4-2-1-3-5-18)13-19-15-30-27-23(19)14-20(16-31-27)32-25(35)12-17-6-8-21(9-7-17)33-11-10-24(34)28(33)37/h1-9,13-16,24,34H,10-12H2,(H2,29,36)(H,30,31)(H,32,35). The Morgan fingerprint density at radius 3 is 2.59 bits per heavy atom. The van der Waals surface area contributed by atoms with Crippen molar-refractivity contribution >= 4 is 51.8 Å². The van der Waals surface area contributed by atoms with Crippen molar-refractivity contribution in [3.8, 4) is 0 Å². The summed E-state index contributed by atoms with van der Waals surface area (Å²) in [5.41, 5.74) is 10.0. The molecule has 1 unspecified atom stereocenters. The average molecular weight is 496 g/mol. The maximum absolute atomic E-state index is 12.7. The van der Waals surface area contributed by atoms with Gasteiger partial charge in [0.25, 0.3) is 5.91 Å². The number of amides is 3. The predicted octanol–water partition coefficient (Wildman–Crippen LogP) is 2.87. The lowest BCUT2D eigenvalue weighted by Gasteiger charge is -2.16. The van der Waals surface area contributed by atoms with Crippen LogP contribution in [0.4, 0.5) is 11.4 Å². The molecule has 0 spiro atoms. The van der Waals surface area contributed by atoms with Crippen molar-refractivity contribution in [3.05, 3.63) is 89.7 Å². The number of benzene rings is 2. The normalized spacial score (nSPS) is 15.8. The van der Waals surface area contributed by atoms with Crippen LogP contribution in [0.2, 0.25) is 0 Å². The first-order valence-electron chi connectivity index (χ1n) is 11.8. The number of aromatic amines is 1. The number of carbonyl (C=O) groups excluding carboxylic acids is 3. The first kappa shape index (κ1) is 24.0. The predicted molar refractivity (Wildman–Crippen MR) is 141 cm³/mol. The molecule has 5 N–H and O–H groups in total. The third kappa shape index (κ3) is 5.12. The number of fused-ring (bicyclic) bond motifs is 1. The van der Waals surface area contributed by atoms with Crippen molar-refractivity contribution < 1.29 is 19.5 Å². The van der Waals surface area contributed by atoms with Gasteiger partial charge in [0.1, 0.15) is 11.8 Å².